The van der Waals surface area contributed by atoms with Crippen molar-refractivity contribution < 1.29 is 13.9 Å². The number of hydrogen-bond donors (Lipinski definition) is 1. The number of amides is 1. The van der Waals surface area contributed by atoms with E-state index in [2.05, 4.69) is 29.4 Å². The number of benzene rings is 1. The molecule has 0 spiro atoms. The van der Waals surface area contributed by atoms with Crippen molar-refractivity contribution >= 4 is 5.91 Å². The van der Waals surface area contributed by atoms with Gasteiger partial charge in [0.1, 0.15) is 5.75 Å². The summed E-state index contributed by atoms with van der Waals surface area (Å²) < 4.78 is 10.9. The van der Waals surface area contributed by atoms with Gasteiger partial charge in [0.25, 0.3) is 5.89 Å². The quantitative estimate of drug-likeness (QED) is 0.850. The minimum atomic E-state index is -0.00857. The van der Waals surface area contributed by atoms with Gasteiger partial charge in [0.15, 0.2) is 0 Å². The highest BCUT2D eigenvalue weighted by atomic mass is 16.5. The van der Waals surface area contributed by atoms with Crippen molar-refractivity contribution in [1.82, 2.24) is 15.5 Å². The molecule has 0 bridgehead atoms. The Hall–Kier alpha value is -2.37. The zero-order chi connectivity index (χ0) is 15.9. The number of para-hydroxylation sites is 1. The first-order chi connectivity index (χ1) is 10.6. The van der Waals surface area contributed by atoms with Gasteiger partial charge >= 0.3 is 0 Å². The molecule has 0 fully saturated rings. The lowest BCUT2D eigenvalue weighted by atomic mass is 10.2. The van der Waals surface area contributed by atoms with Crippen LogP contribution in [0.15, 0.2) is 28.7 Å². The minimum Gasteiger partial charge on any atom is -0.496 e. The molecule has 22 heavy (non-hydrogen) atoms. The fourth-order valence-electron chi connectivity index (χ4n) is 1.91. The molecule has 0 aliphatic heterocycles. The number of rotatable bonds is 7. The molecule has 1 amide bonds. The molecule has 0 aliphatic rings. The number of aromatic nitrogens is 2. The van der Waals surface area contributed by atoms with Gasteiger partial charge in [0.05, 0.1) is 12.7 Å². The van der Waals surface area contributed by atoms with Crippen LogP contribution in [0.5, 0.6) is 5.75 Å². The maximum atomic E-state index is 11.7. The van der Waals surface area contributed by atoms with E-state index in [1.165, 1.54) is 0 Å². The first kappa shape index (κ1) is 16.0. The van der Waals surface area contributed by atoms with E-state index in [4.69, 9.17) is 9.15 Å². The third-order valence-electron chi connectivity index (χ3n) is 3.08. The molecule has 0 saturated carbocycles. The van der Waals surface area contributed by atoms with Gasteiger partial charge in [-0.05, 0) is 18.1 Å². The van der Waals surface area contributed by atoms with Crippen LogP contribution in [-0.4, -0.2) is 29.8 Å². The van der Waals surface area contributed by atoms with Gasteiger partial charge in [-0.1, -0.05) is 26.0 Å². The predicted octanol–water partition coefficient (Wildman–Crippen LogP) is 2.45. The van der Waals surface area contributed by atoms with Gasteiger partial charge in [0.2, 0.25) is 11.8 Å². The molecule has 6 nitrogen and oxygen atoms in total. The van der Waals surface area contributed by atoms with Gasteiger partial charge in [-0.25, -0.2) is 0 Å². The van der Waals surface area contributed by atoms with Crippen LogP contribution >= 0.6 is 0 Å². The van der Waals surface area contributed by atoms with Crippen LogP contribution < -0.4 is 10.1 Å². The Morgan fingerprint density at radius 3 is 2.82 bits per heavy atom. The van der Waals surface area contributed by atoms with Crippen molar-refractivity contribution in [3.8, 4) is 17.2 Å². The van der Waals surface area contributed by atoms with Crippen LogP contribution in [0, 0.1) is 5.92 Å². The normalized spacial score (nSPS) is 10.7. The van der Waals surface area contributed by atoms with E-state index in [-0.39, 0.29) is 5.91 Å². The standard InChI is InChI=1S/C16H21N3O3/c1-11(2)10-17-14(20)8-9-15-18-19-16(22-15)12-6-4-5-7-13(12)21-3/h4-7,11H,8-10H2,1-3H3,(H,17,20). The maximum Gasteiger partial charge on any atom is 0.251 e. The number of ether oxygens (including phenoxy) is 1. The van der Waals surface area contributed by atoms with E-state index in [1.807, 2.05) is 24.3 Å². The van der Waals surface area contributed by atoms with Crippen molar-refractivity contribution in [2.24, 2.45) is 5.92 Å². The Morgan fingerprint density at radius 1 is 1.32 bits per heavy atom. The number of methoxy groups -OCH3 is 1. The molecule has 1 heterocycles. The van der Waals surface area contributed by atoms with Crippen LogP contribution in [-0.2, 0) is 11.2 Å². The Morgan fingerprint density at radius 2 is 2.09 bits per heavy atom. The van der Waals surface area contributed by atoms with E-state index in [0.717, 1.165) is 5.56 Å². The molecule has 0 radical (unpaired) electrons. The van der Waals surface area contributed by atoms with Crippen LogP contribution in [0.3, 0.4) is 0 Å². The Bertz CT molecular complexity index is 623. The van der Waals surface area contributed by atoms with Crippen LogP contribution in [0.4, 0.5) is 0 Å². The smallest absolute Gasteiger partial charge is 0.251 e. The number of nitrogens with zero attached hydrogens (tertiary/aromatic N) is 2. The number of aryl methyl sites for hydroxylation is 1. The second-order valence-corrected chi connectivity index (χ2v) is 5.40. The minimum absolute atomic E-state index is 0.00857. The summed E-state index contributed by atoms with van der Waals surface area (Å²) in [6.45, 7) is 4.78. The predicted molar refractivity (Wildman–Crippen MR) is 82.5 cm³/mol. The van der Waals surface area contributed by atoms with Crippen LogP contribution in [0.2, 0.25) is 0 Å². The molecule has 118 valence electrons. The number of carbonyl (C=O) groups excluding carboxylic acids is 1. The van der Waals surface area contributed by atoms with Crippen molar-refractivity contribution in [3.05, 3.63) is 30.2 Å². The molecule has 1 N–H and O–H groups in total. The highest BCUT2D eigenvalue weighted by Crippen LogP contribution is 2.28. The molecule has 0 atom stereocenters. The lowest BCUT2D eigenvalue weighted by molar-refractivity contribution is -0.121. The molecular weight excluding hydrogens is 282 g/mol. The summed E-state index contributed by atoms with van der Waals surface area (Å²) in [5.74, 6) is 1.94. The van der Waals surface area contributed by atoms with Gasteiger partial charge in [-0.3, -0.25) is 4.79 Å². The molecule has 0 aliphatic carbocycles. The van der Waals surface area contributed by atoms with E-state index in [0.29, 0.717) is 42.8 Å². The lowest BCUT2D eigenvalue weighted by Gasteiger charge is -2.06. The summed E-state index contributed by atoms with van der Waals surface area (Å²) in [4.78, 5) is 11.7. The summed E-state index contributed by atoms with van der Waals surface area (Å²) in [6.07, 6.45) is 0.756. The monoisotopic (exact) mass is 303 g/mol. The average molecular weight is 303 g/mol. The van der Waals surface area contributed by atoms with E-state index < -0.39 is 0 Å². The zero-order valence-corrected chi connectivity index (χ0v) is 13.1. The van der Waals surface area contributed by atoms with E-state index in [1.54, 1.807) is 7.11 Å². The van der Waals surface area contributed by atoms with Crippen molar-refractivity contribution in [2.75, 3.05) is 13.7 Å². The third-order valence-corrected chi connectivity index (χ3v) is 3.08. The summed E-state index contributed by atoms with van der Waals surface area (Å²) in [6, 6.07) is 7.43. The molecule has 1 aromatic heterocycles. The maximum absolute atomic E-state index is 11.7. The molecule has 0 unspecified atom stereocenters. The number of nitrogens with one attached hydrogen (secondary N) is 1. The van der Waals surface area contributed by atoms with Crippen LogP contribution in [0.1, 0.15) is 26.2 Å². The second-order valence-electron chi connectivity index (χ2n) is 5.40. The third kappa shape index (κ3) is 4.31. The van der Waals surface area contributed by atoms with Gasteiger partial charge in [-0.2, -0.15) is 0 Å². The fraction of sp³-hybridized carbons (Fsp3) is 0.438. The molecule has 2 aromatic rings. The fourth-order valence-corrected chi connectivity index (χ4v) is 1.91. The van der Waals surface area contributed by atoms with Gasteiger partial charge in [-0.15, -0.1) is 10.2 Å². The summed E-state index contributed by atoms with van der Waals surface area (Å²) in [7, 11) is 1.59. The molecule has 0 saturated heterocycles. The lowest BCUT2D eigenvalue weighted by Crippen LogP contribution is -2.27. The Kier molecular flexibility index (Phi) is 5.52. The number of hydrogen-bond acceptors (Lipinski definition) is 5. The summed E-state index contributed by atoms with van der Waals surface area (Å²) in [5.41, 5.74) is 0.744. The van der Waals surface area contributed by atoms with E-state index >= 15 is 0 Å². The van der Waals surface area contributed by atoms with Gasteiger partial charge < -0.3 is 14.5 Å². The topological polar surface area (TPSA) is 77.2 Å². The molecular formula is C16H21N3O3. The average Bonchev–Trinajstić information content (AvgIpc) is 2.99. The highest BCUT2D eigenvalue weighted by molar-refractivity contribution is 5.76. The molecule has 6 heteroatoms. The van der Waals surface area contributed by atoms with Crippen LogP contribution in [0.25, 0.3) is 11.5 Å². The van der Waals surface area contributed by atoms with Crippen molar-refractivity contribution in [2.45, 2.75) is 26.7 Å². The summed E-state index contributed by atoms with van der Waals surface area (Å²) >= 11 is 0. The zero-order valence-electron chi connectivity index (χ0n) is 13.1. The highest BCUT2D eigenvalue weighted by Gasteiger charge is 2.13. The largest absolute Gasteiger partial charge is 0.496 e. The Labute approximate surface area is 129 Å². The molecule has 2 rings (SSSR count). The molecule has 1 aromatic carbocycles. The first-order valence-electron chi connectivity index (χ1n) is 7.32. The second kappa shape index (κ2) is 7.59. The van der Waals surface area contributed by atoms with Gasteiger partial charge in [0, 0.05) is 19.4 Å². The number of carbonyl (C=O) groups is 1. The van der Waals surface area contributed by atoms with Crippen molar-refractivity contribution in [1.29, 1.82) is 0 Å². The first-order valence-corrected chi connectivity index (χ1v) is 7.32. The summed E-state index contributed by atoms with van der Waals surface area (Å²) in [5, 5.41) is 10.9. The SMILES string of the molecule is COc1ccccc1-c1nnc(CCC(=O)NCC(C)C)o1. The van der Waals surface area contributed by atoms with Crippen molar-refractivity contribution in [3.63, 3.8) is 0 Å². The van der Waals surface area contributed by atoms with E-state index in [9.17, 15) is 4.79 Å². The Balaban J connectivity index is 1.96.